The van der Waals surface area contributed by atoms with Crippen molar-refractivity contribution in [2.24, 2.45) is 0 Å². The van der Waals surface area contributed by atoms with Crippen LogP contribution >= 0.6 is 0 Å². The highest BCUT2D eigenvalue weighted by Gasteiger charge is 2.43. The van der Waals surface area contributed by atoms with E-state index < -0.39 is 0 Å². The smallest absolute Gasteiger partial charge is 0.252 e. The lowest BCUT2D eigenvalue weighted by Crippen LogP contribution is -2.61. The molecule has 0 amide bonds. The van der Waals surface area contributed by atoms with Crippen molar-refractivity contribution in [3.8, 4) is 0 Å². The van der Waals surface area contributed by atoms with E-state index in [1.165, 1.54) is 55.8 Å². The largest absolute Gasteiger partial charge is 0.311 e. The van der Waals surface area contributed by atoms with Crippen LogP contribution in [-0.2, 0) is 0 Å². The fraction of sp³-hybridized carbons (Fsp3) is 0.0233. The quantitative estimate of drug-likeness (QED) is 0.147. The average molecular weight is 587 g/mol. The number of hydrogen-bond donors (Lipinski definition) is 0. The molecule has 0 N–H and O–H groups in total. The van der Waals surface area contributed by atoms with Crippen LogP contribution in [0.2, 0.25) is 0 Å². The van der Waals surface area contributed by atoms with Gasteiger partial charge in [0.25, 0.3) is 6.71 Å². The third kappa shape index (κ3) is 4.20. The number of nitrogens with zero attached hydrogens (tertiary/aromatic N) is 2. The molecule has 0 bridgehead atoms. The molecule has 0 fully saturated rings. The number of anilines is 6. The average Bonchev–Trinajstić information content (AvgIpc) is 3.13. The van der Waals surface area contributed by atoms with Crippen molar-refractivity contribution >= 4 is 57.2 Å². The van der Waals surface area contributed by atoms with Gasteiger partial charge in [-0.25, -0.2) is 0 Å². The lowest BCUT2D eigenvalue weighted by Gasteiger charge is -2.44. The van der Waals surface area contributed by atoms with Gasteiger partial charge in [-0.15, -0.1) is 0 Å². The highest BCUT2D eigenvalue weighted by atomic mass is 15.2. The van der Waals surface area contributed by atoms with E-state index in [0.29, 0.717) is 0 Å². The van der Waals surface area contributed by atoms with Gasteiger partial charge in [-0.3, -0.25) is 0 Å². The first-order valence-electron chi connectivity index (χ1n) is 16.0. The molecule has 0 saturated heterocycles. The summed E-state index contributed by atoms with van der Waals surface area (Å²) in [6.45, 7) is 0.110. The Balaban J connectivity index is 1.41. The summed E-state index contributed by atoms with van der Waals surface area (Å²) in [7, 11) is 0. The van der Waals surface area contributed by atoms with Crippen molar-refractivity contribution in [3.05, 3.63) is 199 Å². The Morgan fingerprint density at radius 1 is 0.348 bits per heavy atom. The lowest BCUT2D eigenvalue weighted by molar-refractivity contribution is 0.975. The number of hydrogen-bond acceptors (Lipinski definition) is 2. The maximum Gasteiger partial charge on any atom is 0.252 e. The molecule has 2 heterocycles. The topological polar surface area (TPSA) is 6.48 Å². The van der Waals surface area contributed by atoms with Crippen LogP contribution in [0.15, 0.2) is 182 Å². The van der Waals surface area contributed by atoms with E-state index in [4.69, 9.17) is 0 Å². The van der Waals surface area contributed by atoms with Crippen molar-refractivity contribution in [3.63, 3.8) is 0 Å². The van der Waals surface area contributed by atoms with Crippen LogP contribution in [0.4, 0.5) is 34.1 Å². The van der Waals surface area contributed by atoms with Crippen LogP contribution in [0.5, 0.6) is 0 Å². The van der Waals surface area contributed by atoms with Gasteiger partial charge in [-0.05, 0) is 81.6 Å². The Kier molecular flexibility index (Phi) is 6.35. The summed E-state index contributed by atoms with van der Waals surface area (Å²) in [6.07, 6.45) is 0. The maximum absolute atomic E-state index is 2.48. The van der Waals surface area contributed by atoms with Crippen molar-refractivity contribution in [2.75, 3.05) is 9.80 Å². The molecule has 0 aliphatic carbocycles. The van der Waals surface area contributed by atoms with Gasteiger partial charge in [0.1, 0.15) is 0 Å². The SMILES string of the molecule is c1ccc(C(c2ccccc2)c2cc3c4c(c2)N(c2ccccc2)c2ccccc2B4c2ccccc2N3c2ccccc2)cc1. The third-order valence-corrected chi connectivity index (χ3v) is 9.53. The molecular weight excluding hydrogens is 555 g/mol. The lowest BCUT2D eigenvalue weighted by atomic mass is 9.33. The van der Waals surface area contributed by atoms with Gasteiger partial charge in [-0.1, -0.05) is 133 Å². The molecule has 7 aromatic rings. The molecule has 46 heavy (non-hydrogen) atoms. The van der Waals surface area contributed by atoms with Gasteiger partial charge in [-0.2, -0.15) is 0 Å². The van der Waals surface area contributed by atoms with Crippen LogP contribution in [0.25, 0.3) is 0 Å². The molecule has 0 unspecified atom stereocenters. The van der Waals surface area contributed by atoms with Crippen molar-refractivity contribution < 1.29 is 0 Å². The number of benzene rings is 7. The third-order valence-electron chi connectivity index (χ3n) is 9.53. The maximum atomic E-state index is 2.48. The van der Waals surface area contributed by atoms with E-state index in [1.807, 2.05) is 0 Å². The zero-order chi connectivity index (χ0) is 30.5. The molecular formula is C43H31BN2. The first kappa shape index (κ1) is 26.6. The molecule has 0 atom stereocenters. The Morgan fingerprint density at radius 3 is 1.15 bits per heavy atom. The number of para-hydroxylation sites is 4. The van der Waals surface area contributed by atoms with Crippen LogP contribution in [0.1, 0.15) is 22.6 Å². The predicted molar refractivity (Wildman–Crippen MR) is 194 cm³/mol. The second kappa shape index (κ2) is 11.0. The van der Waals surface area contributed by atoms with Crippen molar-refractivity contribution in [1.82, 2.24) is 0 Å². The highest BCUT2D eigenvalue weighted by Crippen LogP contribution is 2.46. The van der Waals surface area contributed by atoms with Gasteiger partial charge in [0.2, 0.25) is 0 Å². The summed E-state index contributed by atoms with van der Waals surface area (Å²) >= 11 is 0. The Labute approximate surface area is 270 Å². The molecule has 0 spiro atoms. The first-order valence-corrected chi connectivity index (χ1v) is 16.0. The van der Waals surface area contributed by atoms with Crippen LogP contribution in [-0.4, -0.2) is 6.71 Å². The molecule has 0 aromatic heterocycles. The minimum atomic E-state index is 0.0620. The van der Waals surface area contributed by atoms with Crippen LogP contribution in [0, 0.1) is 0 Å². The van der Waals surface area contributed by atoms with Crippen molar-refractivity contribution in [2.45, 2.75) is 5.92 Å². The highest BCUT2D eigenvalue weighted by molar-refractivity contribution is 7.00. The van der Waals surface area contributed by atoms with Crippen LogP contribution in [0.3, 0.4) is 0 Å². The summed E-state index contributed by atoms with van der Waals surface area (Å²) in [5, 5.41) is 0. The van der Waals surface area contributed by atoms with Gasteiger partial charge < -0.3 is 9.80 Å². The van der Waals surface area contributed by atoms with E-state index >= 15 is 0 Å². The molecule has 9 rings (SSSR count). The van der Waals surface area contributed by atoms with E-state index in [0.717, 1.165) is 11.4 Å². The summed E-state index contributed by atoms with van der Waals surface area (Å²) < 4.78 is 0. The minimum absolute atomic E-state index is 0.0620. The van der Waals surface area contributed by atoms with Crippen molar-refractivity contribution in [1.29, 1.82) is 0 Å². The zero-order valence-corrected chi connectivity index (χ0v) is 25.4. The molecule has 7 aromatic carbocycles. The number of rotatable bonds is 5. The van der Waals surface area contributed by atoms with Gasteiger partial charge in [0, 0.05) is 40.0 Å². The number of fused-ring (bicyclic) bond motifs is 4. The first-order chi connectivity index (χ1) is 22.9. The molecule has 2 aliphatic heterocycles. The molecule has 2 aliphatic rings. The normalized spacial score (nSPS) is 12.8. The molecule has 216 valence electrons. The molecule has 0 radical (unpaired) electrons. The minimum Gasteiger partial charge on any atom is -0.311 e. The summed E-state index contributed by atoms with van der Waals surface area (Å²) in [4.78, 5) is 4.97. The summed E-state index contributed by atoms with van der Waals surface area (Å²) in [5.41, 5.74) is 15.1. The van der Waals surface area contributed by atoms with E-state index in [9.17, 15) is 0 Å². The predicted octanol–water partition coefficient (Wildman–Crippen LogP) is 8.95. The Bertz CT molecular complexity index is 2010. The molecule has 0 saturated carbocycles. The molecule has 3 heteroatoms. The monoisotopic (exact) mass is 586 g/mol. The van der Waals surface area contributed by atoms with Gasteiger partial charge in [0.05, 0.1) is 0 Å². The van der Waals surface area contributed by atoms with Gasteiger partial charge >= 0.3 is 0 Å². The summed E-state index contributed by atoms with van der Waals surface area (Å²) in [5.74, 6) is 0.0620. The second-order valence-electron chi connectivity index (χ2n) is 12.1. The van der Waals surface area contributed by atoms with Gasteiger partial charge in [0.15, 0.2) is 0 Å². The Hall–Kier alpha value is -5.80. The second-order valence-corrected chi connectivity index (χ2v) is 12.1. The van der Waals surface area contributed by atoms with Crippen LogP contribution < -0.4 is 26.2 Å². The van der Waals surface area contributed by atoms with E-state index in [1.54, 1.807) is 0 Å². The fourth-order valence-electron chi connectivity index (χ4n) is 7.66. The molecule has 2 nitrogen and oxygen atoms in total. The standard InChI is InChI=1S/C43H31BN2/c1-5-17-31(18-6-1)42(32-19-7-2-8-20-32)33-29-40-43-41(30-33)46(35-23-11-4-12-24-35)39-28-16-14-26-37(39)44(43)36-25-13-15-27-38(36)45(40)34-21-9-3-10-22-34/h1-30,42H. The zero-order valence-electron chi connectivity index (χ0n) is 25.4. The Morgan fingerprint density at radius 2 is 0.717 bits per heavy atom. The fourth-order valence-corrected chi connectivity index (χ4v) is 7.66. The summed E-state index contributed by atoms with van der Waals surface area (Å²) in [6, 6.07) is 66.5. The van der Waals surface area contributed by atoms with E-state index in [-0.39, 0.29) is 12.6 Å². The van der Waals surface area contributed by atoms with E-state index in [2.05, 4.69) is 192 Å².